The topological polar surface area (TPSA) is 73.2 Å². The van der Waals surface area contributed by atoms with Crippen LogP contribution in [0.3, 0.4) is 0 Å². The van der Waals surface area contributed by atoms with Crippen molar-refractivity contribution in [3.63, 3.8) is 0 Å². The van der Waals surface area contributed by atoms with Crippen molar-refractivity contribution in [3.8, 4) is 11.3 Å². The van der Waals surface area contributed by atoms with E-state index in [4.69, 9.17) is 4.74 Å². The molecule has 1 fully saturated rings. The van der Waals surface area contributed by atoms with Crippen LogP contribution in [-0.2, 0) is 16.1 Å². The van der Waals surface area contributed by atoms with E-state index in [0.717, 1.165) is 36.0 Å². The van der Waals surface area contributed by atoms with Crippen LogP contribution in [-0.4, -0.2) is 34.9 Å². The second-order valence-corrected chi connectivity index (χ2v) is 7.16. The Morgan fingerprint density at radius 1 is 1.18 bits per heavy atom. The first-order valence-corrected chi connectivity index (χ1v) is 9.57. The number of amides is 1. The van der Waals surface area contributed by atoms with Gasteiger partial charge in [0.15, 0.2) is 0 Å². The van der Waals surface area contributed by atoms with E-state index in [1.54, 1.807) is 6.07 Å². The van der Waals surface area contributed by atoms with Gasteiger partial charge in [0.05, 0.1) is 17.2 Å². The standard InChI is InChI=1S/C22H23N3O3/c1-15-8-10-16(11-9-15)21-18-6-2-3-7-19(18)22(27)25(24-21)14-20(26)23-13-17-5-4-12-28-17/h2-3,6-11,17H,4-5,12-14H2,1H3,(H,23,26)/t17-/m0/s1. The maximum absolute atomic E-state index is 12.9. The third-order valence-electron chi connectivity index (χ3n) is 5.04. The molecule has 1 aliphatic heterocycles. The van der Waals surface area contributed by atoms with Crippen molar-refractivity contribution < 1.29 is 9.53 Å². The third kappa shape index (κ3) is 3.82. The highest BCUT2D eigenvalue weighted by atomic mass is 16.5. The Labute approximate surface area is 163 Å². The van der Waals surface area contributed by atoms with E-state index in [-0.39, 0.29) is 24.1 Å². The molecule has 1 aliphatic rings. The number of nitrogens with zero attached hydrogens (tertiary/aromatic N) is 2. The molecule has 6 heteroatoms. The van der Waals surface area contributed by atoms with Crippen LogP contribution in [0.2, 0.25) is 0 Å². The van der Waals surface area contributed by atoms with Crippen LogP contribution < -0.4 is 10.9 Å². The van der Waals surface area contributed by atoms with Crippen LogP contribution in [0, 0.1) is 6.92 Å². The molecule has 0 unspecified atom stereocenters. The smallest absolute Gasteiger partial charge is 0.275 e. The van der Waals surface area contributed by atoms with Gasteiger partial charge >= 0.3 is 0 Å². The average molecular weight is 377 g/mol. The second-order valence-electron chi connectivity index (χ2n) is 7.16. The summed E-state index contributed by atoms with van der Waals surface area (Å²) in [6.45, 7) is 3.11. The Bertz CT molecular complexity index is 1050. The van der Waals surface area contributed by atoms with Gasteiger partial charge in [0.2, 0.25) is 5.91 Å². The first-order valence-electron chi connectivity index (χ1n) is 9.57. The second kappa shape index (κ2) is 7.94. The predicted octanol–water partition coefficient (Wildman–Crippen LogP) is 2.67. The van der Waals surface area contributed by atoms with Crippen LogP contribution in [0.25, 0.3) is 22.0 Å². The number of aryl methyl sites for hydroxylation is 1. The number of nitrogens with one attached hydrogen (secondary N) is 1. The fourth-order valence-corrected chi connectivity index (χ4v) is 3.49. The van der Waals surface area contributed by atoms with Crippen LogP contribution >= 0.6 is 0 Å². The predicted molar refractivity (Wildman–Crippen MR) is 108 cm³/mol. The fourth-order valence-electron chi connectivity index (χ4n) is 3.49. The molecular formula is C22H23N3O3. The minimum atomic E-state index is -0.265. The minimum Gasteiger partial charge on any atom is -0.376 e. The number of benzene rings is 2. The Balaban J connectivity index is 1.66. The number of rotatable bonds is 5. The Morgan fingerprint density at radius 2 is 1.93 bits per heavy atom. The summed E-state index contributed by atoms with van der Waals surface area (Å²) in [5, 5.41) is 8.72. The summed E-state index contributed by atoms with van der Waals surface area (Å²) in [5.74, 6) is -0.241. The van der Waals surface area contributed by atoms with Crippen molar-refractivity contribution in [2.24, 2.45) is 0 Å². The lowest BCUT2D eigenvalue weighted by Crippen LogP contribution is -2.37. The number of fused-ring (bicyclic) bond motifs is 1. The summed E-state index contributed by atoms with van der Waals surface area (Å²) >= 11 is 0. The maximum Gasteiger partial charge on any atom is 0.275 e. The van der Waals surface area contributed by atoms with Gasteiger partial charge in [-0.3, -0.25) is 9.59 Å². The van der Waals surface area contributed by atoms with Gasteiger partial charge in [-0.1, -0.05) is 48.0 Å². The molecule has 0 saturated carbocycles. The summed E-state index contributed by atoms with van der Waals surface area (Å²) < 4.78 is 6.77. The van der Waals surface area contributed by atoms with Crippen LogP contribution in [0.5, 0.6) is 0 Å². The van der Waals surface area contributed by atoms with Gasteiger partial charge in [-0.2, -0.15) is 5.10 Å². The van der Waals surface area contributed by atoms with Crippen LogP contribution in [0.15, 0.2) is 53.3 Å². The van der Waals surface area contributed by atoms with Crippen LogP contribution in [0.1, 0.15) is 18.4 Å². The molecule has 1 amide bonds. The zero-order valence-electron chi connectivity index (χ0n) is 15.9. The van der Waals surface area contributed by atoms with E-state index in [1.165, 1.54) is 4.68 Å². The summed E-state index contributed by atoms with van der Waals surface area (Å²) in [6, 6.07) is 15.4. The Hall–Kier alpha value is -2.99. The Kier molecular flexibility index (Phi) is 5.21. The molecule has 0 spiro atoms. The molecule has 3 aromatic rings. The van der Waals surface area contributed by atoms with Gasteiger partial charge in [0.25, 0.3) is 5.56 Å². The lowest BCUT2D eigenvalue weighted by molar-refractivity contribution is -0.122. The van der Waals surface area contributed by atoms with Gasteiger partial charge in [0, 0.05) is 24.1 Å². The van der Waals surface area contributed by atoms with E-state index in [1.807, 2.05) is 49.4 Å². The first-order chi connectivity index (χ1) is 13.6. The van der Waals surface area contributed by atoms with Gasteiger partial charge in [-0.25, -0.2) is 4.68 Å². The third-order valence-corrected chi connectivity index (χ3v) is 5.04. The molecule has 2 heterocycles. The molecule has 1 N–H and O–H groups in total. The fraction of sp³-hybridized carbons (Fsp3) is 0.318. The van der Waals surface area contributed by atoms with Crippen LogP contribution in [0.4, 0.5) is 0 Å². The summed E-state index contributed by atoms with van der Waals surface area (Å²) in [4.78, 5) is 25.2. The number of carbonyl (C=O) groups is 1. The maximum atomic E-state index is 12.9. The Morgan fingerprint density at radius 3 is 2.64 bits per heavy atom. The largest absolute Gasteiger partial charge is 0.376 e. The average Bonchev–Trinajstić information content (AvgIpc) is 3.23. The molecule has 1 aromatic heterocycles. The van der Waals surface area contributed by atoms with Gasteiger partial charge < -0.3 is 10.1 Å². The highest BCUT2D eigenvalue weighted by molar-refractivity contribution is 5.93. The van der Waals surface area contributed by atoms with Crippen molar-refractivity contribution in [3.05, 3.63) is 64.4 Å². The SMILES string of the molecule is Cc1ccc(-c2nn(CC(=O)NC[C@@H]3CCCO3)c(=O)c3ccccc23)cc1. The van der Waals surface area contributed by atoms with Crippen molar-refractivity contribution in [2.75, 3.05) is 13.2 Å². The number of hydrogen-bond donors (Lipinski definition) is 1. The zero-order valence-corrected chi connectivity index (χ0v) is 15.9. The molecule has 1 atom stereocenters. The highest BCUT2D eigenvalue weighted by Crippen LogP contribution is 2.24. The minimum absolute atomic E-state index is 0.0633. The molecule has 1 saturated heterocycles. The van der Waals surface area contributed by atoms with Crippen molar-refractivity contribution in [2.45, 2.75) is 32.4 Å². The molecule has 0 aliphatic carbocycles. The highest BCUT2D eigenvalue weighted by Gasteiger charge is 2.18. The number of ether oxygens (including phenoxy) is 1. The summed E-state index contributed by atoms with van der Waals surface area (Å²) in [6.07, 6.45) is 2.03. The lowest BCUT2D eigenvalue weighted by Gasteiger charge is -2.13. The molecular weight excluding hydrogens is 354 g/mol. The van der Waals surface area contributed by atoms with Crippen molar-refractivity contribution >= 4 is 16.7 Å². The van der Waals surface area contributed by atoms with Crippen molar-refractivity contribution in [1.82, 2.24) is 15.1 Å². The lowest BCUT2D eigenvalue weighted by atomic mass is 10.0. The van der Waals surface area contributed by atoms with E-state index >= 15 is 0 Å². The van der Waals surface area contributed by atoms with E-state index in [9.17, 15) is 9.59 Å². The summed E-state index contributed by atoms with van der Waals surface area (Å²) in [7, 11) is 0. The summed E-state index contributed by atoms with van der Waals surface area (Å²) in [5.41, 5.74) is 2.49. The quantitative estimate of drug-likeness (QED) is 0.742. The monoisotopic (exact) mass is 377 g/mol. The van der Waals surface area contributed by atoms with Gasteiger partial charge in [0.1, 0.15) is 6.54 Å². The molecule has 4 rings (SSSR count). The van der Waals surface area contributed by atoms with Crippen molar-refractivity contribution in [1.29, 1.82) is 0 Å². The molecule has 144 valence electrons. The molecule has 2 aromatic carbocycles. The van der Waals surface area contributed by atoms with Gasteiger partial charge in [-0.05, 0) is 25.8 Å². The first kappa shape index (κ1) is 18.4. The van der Waals surface area contributed by atoms with E-state index in [2.05, 4.69) is 10.4 Å². The molecule has 6 nitrogen and oxygen atoms in total. The number of hydrogen-bond acceptors (Lipinski definition) is 4. The molecule has 0 bridgehead atoms. The van der Waals surface area contributed by atoms with E-state index in [0.29, 0.717) is 17.6 Å². The number of aromatic nitrogens is 2. The molecule has 28 heavy (non-hydrogen) atoms. The molecule has 0 radical (unpaired) electrons. The van der Waals surface area contributed by atoms with E-state index < -0.39 is 0 Å². The number of carbonyl (C=O) groups excluding carboxylic acids is 1. The van der Waals surface area contributed by atoms with Gasteiger partial charge in [-0.15, -0.1) is 0 Å². The zero-order chi connectivity index (χ0) is 19.5. The normalized spacial score (nSPS) is 16.4.